The summed E-state index contributed by atoms with van der Waals surface area (Å²) in [4.78, 5) is 11.1. The Morgan fingerprint density at radius 2 is 1.87 bits per heavy atom. The average Bonchev–Trinajstić information content (AvgIpc) is 2.82. The third-order valence-electron chi connectivity index (χ3n) is 4.26. The van der Waals surface area contributed by atoms with E-state index in [9.17, 15) is 0 Å². The molecule has 3 heterocycles. The van der Waals surface area contributed by atoms with Gasteiger partial charge in [-0.3, -0.25) is 0 Å². The van der Waals surface area contributed by atoms with Crippen molar-refractivity contribution in [3.05, 3.63) is 35.6 Å². The van der Waals surface area contributed by atoms with Crippen molar-refractivity contribution in [1.29, 1.82) is 0 Å². The summed E-state index contributed by atoms with van der Waals surface area (Å²) in [5.41, 5.74) is 2.19. The van der Waals surface area contributed by atoms with Crippen LogP contribution in [0.2, 0.25) is 5.02 Å². The summed E-state index contributed by atoms with van der Waals surface area (Å²) in [6.45, 7) is 2.01. The Morgan fingerprint density at radius 3 is 2.65 bits per heavy atom. The topological polar surface area (TPSA) is 55.1 Å². The first-order chi connectivity index (χ1) is 11.3. The first-order valence-electron chi connectivity index (χ1n) is 7.94. The molecular weight excluding hydrogens is 312 g/mol. The van der Waals surface area contributed by atoms with Gasteiger partial charge in [0.15, 0.2) is 0 Å². The van der Waals surface area contributed by atoms with Gasteiger partial charge in [0.25, 0.3) is 5.71 Å². The second-order valence-corrected chi connectivity index (χ2v) is 6.26. The molecule has 0 bridgehead atoms. The highest BCUT2D eigenvalue weighted by Gasteiger charge is 2.21. The van der Waals surface area contributed by atoms with E-state index in [4.69, 9.17) is 16.1 Å². The van der Waals surface area contributed by atoms with Gasteiger partial charge in [0.05, 0.1) is 0 Å². The second kappa shape index (κ2) is 6.16. The minimum absolute atomic E-state index is 0.522. The zero-order valence-electron chi connectivity index (χ0n) is 12.7. The fourth-order valence-electron chi connectivity index (χ4n) is 3.13. The van der Waals surface area contributed by atoms with Gasteiger partial charge in [0, 0.05) is 23.7 Å². The van der Waals surface area contributed by atoms with Crippen LogP contribution in [0.3, 0.4) is 0 Å². The third kappa shape index (κ3) is 2.77. The quantitative estimate of drug-likeness (QED) is 0.701. The summed E-state index contributed by atoms with van der Waals surface area (Å²) >= 11 is 6.12. The van der Waals surface area contributed by atoms with E-state index in [1.54, 1.807) is 6.33 Å². The summed E-state index contributed by atoms with van der Waals surface area (Å²) in [7, 11) is 0. The predicted octanol–water partition coefficient (Wildman–Crippen LogP) is 4.32. The number of nitrogens with zero attached hydrogens (tertiary/aromatic N) is 4. The fourth-order valence-corrected chi connectivity index (χ4v) is 3.32. The minimum atomic E-state index is 0.522. The lowest BCUT2D eigenvalue weighted by Crippen LogP contribution is -2.25. The zero-order chi connectivity index (χ0) is 15.6. The Morgan fingerprint density at radius 1 is 1.04 bits per heavy atom. The van der Waals surface area contributed by atoms with E-state index in [-0.39, 0.29) is 0 Å². The van der Waals surface area contributed by atoms with Gasteiger partial charge in [-0.1, -0.05) is 41.7 Å². The van der Waals surface area contributed by atoms with E-state index in [1.807, 2.05) is 24.3 Å². The standard InChI is InChI=1S/C17H17ClN4O/c18-13-7-5-6-12(10-13)15-14-16(19-11-20-17(14)23-21-15)22-8-3-1-2-4-9-22/h5-7,10-11H,1-4,8-9H2. The van der Waals surface area contributed by atoms with Gasteiger partial charge in [-0.2, -0.15) is 4.98 Å². The van der Waals surface area contributed by atoms with Gasteiger partial charge in [-0.05, 0) is 25.0 Å². The number of anilines is 1. The maximum absolute atomic E-state index is 6.12. The molecule has 1 saturated heterocycles. The zero-order valence-corrected chi connectivity index (χ0v) is 13.5. The molecule has 1 fully saturated rings. The maximum Gasteiger partial charge on any atom is 0.263 e. The van der Waals surface area contributed by atoms with E-state index in [0.717, 1.165) is 35.6 Å². The van der Waals surface area contributed by atoms with Gasteiger partial charge >= 0.3 is 0 Å². The lowest BCUT2D eigenvalue weighted by molar-refractivity contribution is 0.451. The van der Waals surface area contributed by atoms with Crippen LogP contribution in [-0.2, 0) is 0 Å². The first kappa shape index (κ1) is 14.5. The lowest BCUT2D eigenvalue weighted by atomic mass is 10.1. The molecule has 0 amide bonds. The molecule has 1 aromatic carbocycles. The third-order valence-corrected chi connectivity index (χ3v) is 4.49. The minimum Gasteiger partial charge on any atom is -0.356 e. The molecule has 23 heavy (non-hydrogen) atoms. The molecule has 6 heteroatoms. The molecular formula is C17H17ClN4O. The molecule has 5 nitrogen and oxygen atoms in total. The van der Waals surface area contributed by atoms with Crippen molar-refractivity contribution in [2.75, 3.05) is 18.0 Å². The van der Waals surface area contributed by atoms with E-state index >= 15 is 0 Å². The van der Waals surface area contributed by atoms with Crippen LogP contribution in [0, 0.1) is 0 Å². The Balaban J connectivity index is 1.86. The number of fused-ring (bicyclic) bond motifs is 1. The van der Waals surface area contributed by atoms with Gasteiger partial charge < -0.3 is 9.42 Å². The highest BCUT2D eigenvalue weighted by Crippen LogP contribution is 2.34. The van der Waals surface area contributed by atoms with Crippen molar-refractivity contribution in [1.82, 2.24) is 15.1 Å². The number of benzene rings is 1. The highest BCUT2D eigenvalue weighted by atomic mass is 35.5. The van der Waals surface area contributed by atoms with Crippen LogP contribution in [0.1, 0.15) is 25.7 Å². The molecule has 0 aliphatic carbocycles. The molecule has 1 aliphatic heterocycles. The number of halogens is 1. The molecule has 0 unspecified atom stereocenters. The van der Waals surface area contributed by atoms with Crippen molar-refractivity contribution in [3.8, 4) is 11.3 Å². The Labute approximate surface area is 139 Å². The SMILES string of the molecule is Clc1cccc(-c2noc3ncnc(N4CCCCCC4)c23)c1. The van der Waals surface area contributed by atoms with Crippen molar-refractivity contribution in [3.63, 3.8) is 0 Å². The molecule has 118 valence electrons. The van der Waals surface area contributed by atoms with Crippen LogP contribution >= 0.6 is 11.6 Å². The average molecular weight is 329 g/mol. The normalized spacial score (nSPS) is 15.8. The largest absolute Gasteiger partial charge is 0.356 e. The molecule has 0 atom stereocenters. The van der Waals surface area contributed by atoms with Gasteiger partial charge in [-0.25, -0.2) is 4.98 Å². The summed E-state index contributed by atoms with van der Waals surface area (Å²) in [6, 6.07) is 7.62. The van der Waals surface area contributed by atoms with Crippen LogP contribution in [-0.4, -0.2) is 28.2 Å². The van der Waals surface area contributed by atoms with Crippen molar-refractivity contribution in [2.24, 2.45) is 0 Å². The second-order valence-electron chi connectivity index (χ2n) is 5.82. The smallest absolute Gasteiger partial charge is 0.263 e. The van der Waals surface area contributed by atoms with Crippen LogP contribution in [0.5, 0.6) is 0 Å². The molecule has 3 aromatic rings. The number of hydrogen-bond acceptors (Lipinski definition) is 5. The van der Waals surface area contributed by atoms with Crippen LogP contribution in [0.4, 0.5) is 5.82 Å². The summed E-state index contributed by atoms with van der Waals surface area (Å²) in [6.07, 6.45) is 6.47. The monoisotopic (exact) mass is 328 g/mol. The van der Waals surface area contributed by atoms with Crippen LogP contribution in [0.25, 0.3) is 22.4 Å². The maximum atomic E-state index is 6.12. The summed E-state index contributed by atoms with van der Waals surface area (Å²) < 4.78 is 5.44. The first-order valence-corrected chi connectivity index (χ1v) is 8.32. The Kier molecular flexibility index (Phi) is 3.87. The van der Waals surface area contributed by atoms with Crippen molar-refractivity contribution < 1.29 is 4.52 Å². The van der Waals surface area contributed by atoms with E-state index < -0.39 is 0 Å². The molecule has 4 rings (SSSR count). The highest BCUT2D eigenvalue weighted by molar-refractivity contribution is 6.30. The molecule has 2 aromatic heterocycles. The number of hydrogen-bond donors (Lipinski definition) is 0. The van der Waals surface area contributed by atoms with Crippen LogP contribution < -0.4 is 4.90 Å². The van der Waals surface area contributed by atoms with Gasteiger partial charge in [0.1, 0.15) is 23.2 Å². The molecule has 0 radical (unpaired) electrons. The molecule has 0 N–H and O–H groups in total. The number of aromatic nitrogens is 3. The molecule has 0 spiro atoms. The molecule has 0 saturated carbocycles. The van der Waals surface area contributed by atoms with Gasteiger partial charge in [0.2, 0.25) is 0 Å². The Bertz CT molecular complexity index is 824. The van der Waals surface area contributed by atoms with Crippen molar-refractivity contribution in [2.45, 2.75) is 25.7 Å². The van der Waals surface area contributed by atoms with E-state index in [2.05, 4.69) is 20.0 Å². The van der Waals surface area contributed by atoms with E-state index in [1.165, 1.54) is 25.7 Å². The van der Waals surface area contributed by atoms with E-state index in [0.29, 0.717) is 10.7 Å². The lowest BCUT2D eigenvalue weighted by Gasteiger charge is -2.21. The summed E-state index contributed by atoms with van der Waals surface area (Å²) in [5.74, 6) is 0.910. The van der Waals surface area contributed by atoms with Crippen molar-refractivity contribution >= 4 is 28.5 Å². The Hall–Kier alpha value is -2.14. The summed E-state index contributed by atoms with van der Waals surface area (Å²) in [5, 5.41) is 5.77. The van der Waals surface area contributed by atoms with Gasteiger partial charge in [-0.15, -0.1) is 0 Å². The molecule has 1 aliphatic rings. The van der Waals surface area contributed by atoms with Crippen LogP contribution in [0.15, 0.2) is 35.1 Å². The number of rotatable bonds is 2. The fraction of sp³-hybridized carbons (Fsp3) is 0.353. The predicted molar refractivity (Wildman–Crippen MR) is 90.7 cm³/mol.